The van der Waals surface area contributed by atoms with E-state index in [-0.39, 0.29) is 25.6 Å². The summed E-state index contributed by atoms with van der Waals surface area (Å²) in [4.78, 5) is 10.8. The highest BCUT2D eigenvalue weighted by molar-refractivity contribution is 5.68. The summed E-state index contributed by atoms with van der Waals surface area (Å²) in [5, 5.41) is 8.87. The minimum Gasteiger partial charge on any atom is -0.489 e. The monoisotopic (exact) mass is 426 g/mol. The van der Waals surface area contributed by atoms with Gasteiger partial charge >= 0.3 is 5.97 Å². The lowest BCUT2D eigenvalue weighted by atomic mass is 9.91. The van der Waals surface area contributed by atoms with Crippen molar-refractivity contribution in [1.29, 1.82) is 0 Å². The molecule has 3 aromatic rings. The summed E-state index contributed by atoms with van der Waals surface area (Å²) in [7, 11) is 0. The Morgan fingerprint density at radius 2 is 1.74 bits per heavy atom. The highest BCUT2D eigenvalue weighted by Gasteiger charge is 2.42. The smallest absolute Gasteiger partial charge is 0.329 e. The van der Waals surface area contributed by atoms with Gasteiger partial charge in [-0.05, 0) is 58.7 Å². The first kappa shape index (κ1) is 21.0. The molecule has 5 nitrogen and oxygen atoms in total. The highest BCUT2D eigenvalue weighted by Crippen LogP contribution is 2.35. The van der Waals surface area contributed by atoms with Crippen molar-refractivity contribution in [1.82, 2.24) is 0 Å². The van der Waals surface area contributed by atoms with Crippen LogP contribution in [0.1, 0.15) is 11.1 Å². The third-order valence-corrected chi connectivity index (χ3v) is 5.12. The van der Waals surface area contributed by atoms with E-state index in [4.69, 9.17) is 19.3 Å². The number of rotatable bonds is 8. The number of hydrogen-bond acceptors (Lipinski definition) is 4. The maximum atomic E-state index is 13.8. The van der Waals surface area contributed by atoms with E-state index >= 15 is 0 Å². The number of aliphatic carboxylic acids is 1. The van der Waals surface area contributed by atoms with Crippen molar-refractivity contribution < 1.29 is 32.9 Å². The summed E-state index contributed by atoms with van der Waals surface area (Å²) >= 11 is 0. The topological polar surface area (TPSA) is 65.0 Å². The first-order chi connectivity index (χ1) is 14.9. The number of carboxylic acid groups (broad SMARTS) is 1. The first-order valence-corrected chi connectivity index (χ1v) is 9.66. The predicted molar refractivity (Wildman–Crippen MR) is 109 cm³/mol. The van der Waals surface area contributed by atoms with Gasteiger partial charge in [-0.1, -0.05) is 30.3 Å². The molecule has 1 fully saturated rings. The van der Waals surface area contributed by atoms with Gasteiger partial charge in [0.2, 0.25) is 0 Å². The fraction of sp³-hybridized carbons (Fsp3) is 0.208. The summed E-state index contributed by atoms with van der Waals surface area (Å²) in [5.74, 6) is -1.28. The van der Waals surface area contributed by atoms with Gasteiger partial charge in [0.1, 0.15) is 36.2 Å². The van der Waals surface area contributed by atoms with Crippen LogP contribution in [0.5, 0.6) is 5.75 Å². The van der Waals surface area contributed by atoms with Crippen molar-refractivity contribution in [2.24, 2.45) is 0 Å². The van der Waals surface area contributed by atoms with Gasteiger partial charge < -0.3 is 19.3 Å². The van der Waals surface area contributed by atoms with E-state index in [1.165, 1.54) is 24.3 Å². The fourth-order valence-corrected chi connectivity index (χ4v) is 3.46. The van der Waals surface area contributed by atoms with Crippen LogP contribution < -0.4 is 4.74 Å². The third kappa shape index (κ3) is 4.73. The number of ether oxygens (including phenoxy) is 3. The molecule has 0 saturated carbocycles. The lowest BCUT2D eigenvalue weighted by Crippen LogP contribution is -2.49. The van der Waals surface area contributed by atoms with Crippen molar-refractivity contribution >= 4 is 5.97 Å². The van der Waals surface area contributed by atoms with Gasteiger partial charge in [0.05, 0.1) is 13.2 Å². The van der Waals surface area contributed by atoms with Gasteiger partial charge in [0, 0.05) is 0 Å². The Bertz CT molecular complexity index is 1080. The molecule has 0 atom stereocenters. The van der Waals surface area contributed by atoms with Crippen molar-refractivity contribution in [2.75, 3.05) is 19.8 Å². The Hall–Kier alpha value is -3.29. The molecule has 0 aromatic heterocycles. The molecular formula is C24H20F2O5. The van der Waals surface area contributed by atoms with Gasteiger partial charge in [-0.15, -0.1) is 0 Å². The standard InChI is InChI=1S/C24H20F2O5/c25-19-3-1-2-16(10-19)22-9-6-20(26)11-17(22)12-30-21-7-4-18(5-8-21)24(14-29-15-24)31-13-23(27)28/h1-11H,12-15H2,(H,27,28). The van der Waals surface area contributed by atoms with Gasteiger partial charge in [-0.3, -0.25) is 0 Å². The molecule has 4 rings (SSSR count). The van der Waals surface area contributed by atoms with Gasteiger partial charge in [0.15, 0.2) is 0 Å². The van der Waals surface area contributed by atoms with Crippen LogP contribution >= 0.6 is 0 Å². The van der Waals surface area contributed by atoms with E-state index in [0.717, 1.165) is 5.56 Å². The molecule has 7 heteroatoms. The SMILES string of the molecule is O=C(O)COC1(c2ccc(OCc3cc(F)ccc3-c3cccc(F)c3)cc2)COC1. The predicted octanol–water partition coefficient (Wildman–Crippen LogP) is 4.54. The zero-order valence-corrected chi connectivity index (χ0v) is 16.5. The Kier molecular flexibility index (Phi) is 5.97. The van der Waals surface area contributed by atoms with Crippen LogP contribution in [0.15, 0.2) is 66.7 Å². The van der Waals surface area contributed by atoms with Gasteiger partial charge in [0.25, 0.3) is 0 Å². The lowest BCUT2D eigenvalue weighted by Gasteiger charge is -2.41. The van der Waals surface area contributed by atoms with E-state index in [9.17, 15) is 13.6 Å². The summed E-state index contributed by atoms with van der Waals surface area (Å²) in [5.41, 5.74) is 1.92. The van der Waals surface area contributed by atoms with Crippen molar-refractivity contribution in [3.8, 4) is 16.9 Å². The van der Waals surface area contributed by atoms with Crippen LogP contribution in [0, 0.1) is 11.6 Å². The molecule has 1 saturated heterocycles. The molecule has 0 aliphatic carbocycles. The number of halogens is 2. The number of benzene rings is 3. The molecule has 1 aliphatic rings. The van der Waals surface area contributed by atoms with Crippen molar-refractivity contribution in [3.63, 3.8) is 0 Å². The number of carbonyl (C=O) groups is 1. The van der Waals surface area contributed by atoms with E-state index in [1.807, 2.05) is 0 Å². The summed E-state index contributed by atoms with van der Waals surface area (Å²) in [6.45, 7) is 0.234. The van der Waals surface area contributed by atoms with Crippen molar-refractivity contribution in [3.05, 3.63) is 89.5 Å². The molecule has 160 valence electrons. The Morgan fingerprint density at radius 1 is 1.00 bits per heavy atom. The zero-order chi connectivity index (χ0) is 21.8. The molecule has 31 heavy (non-hydrogen) atoms. The van der Waals surface area contributed by atoms with Crippen LogP contribution in [0.3, 0.4) is 0 Å². The fourth-order valence-electron chi connectivity index (χ4n) is 3.46. The number of carboxylic acids is 1. The van der Waals surface area contributed by atoms with Gasteiger partial charge in [-0.25, -0.2) is 13.6 Å². The third-order valence-electron chi connectivity index (χ3n) is 5.12. The Balaban J connectivity index is 1.49. The van der Waals surface area contributed by atoms with Crippen LogP contribution in [-0.2, 0) is 26.5 Å². The van der Waals surface area contributed by atoms with Crippen LogP contribution in [0.4, 0.5) is 8.78 Å². The van der Waals surface area contributed by atoms with E-state index < -0.39 is 24.0 Å². The second-order valence-electron chi connectivity index (χ2n) is 7.29. The highest BCUT2D eigenvalue weighted by atomic mass is 19.1. The van der Waals surface area contributed by atoms with Crippen LogP contribution in [0.25, 0.3) is 11.1 Å². The zero-order valence-electron chi connectivity index (χ0n) is 16.5. The Labute approximate surface area is 177 Å². The summed E-state index contributed by atoms with van der Waals surface area (Å²) in [6, 6.07) is 17.5. The van der Waals surface area contributed by atoms with E-state index in [1.54, 1.807) is 42.5 Å². The molecule has 1 heterocycles. The number of hydrogen-bond donors (Lipinski definition) is 1. The molecule has 0 radical (unpaired) electrons. The molecule has 1 N–H and O–H groups in total. The van der Waals surface area contributed by atoms with Crippen LogP contribution in [0.2, 0.25) is 0 Å². The first-order valence-electron chi connectivity index (χ1n) is 9.66. The second-order valence-corrected chi connectivity index (χ2v) is 7.29. The van der Waals surface area contributed by atoms with Crippen molar-refractivity contribution in [2.45, 2.75) is 12.2 Å². The molecule has 0 amide bonds. The average Bonchev–Trinajstić information content (AvgIpc) is 2.72. The Morgan fingerprint density at radius 3 is 2.39 bits per heavy atom. The minimum atomic E-state index is -1.05. The molecule has 1 aliphatic heterocycles. The molecule has 0 spiro atoms. The average molecular weight is 426 g/mol. The summed E-state index contributed by atoms with van der Waals surface area (Å²) < 4.78 is 44.0. The van der Waals surface area contributed by atoms with Gasteiger partial charge in [-0.2, -0.15) is 0 Å². The molecule has 3 aromatic carbocycles. The quantitative estimate of drug-likeness (QED) is 0.573. The molecular weight excluding hydrogens is 406 g/mol. The summed E-state index contributed by atoms with van der Waals surface area (Å²) in [6.07, 6.45) is 0. The lowest BCUT2D eigenvalue weighted by molar-refractivity contribution is -0.220. The normalized spacial score (nSPS) is 14.6. The molecule has 0 unspecified atom stereocenters. The largest absolute Gasteiger partial charge is 0.489 e. The second kappa shape index (κ2) is 8.83. The van der Waals surface area contributed by atoms with Crippen LogP contribution in [-0.4, -0.2) is 30.9 Å². The van der Waals surface area contributed by atoms with E-state index in [0.29, 0.717) is 22.4 Å². The maximum absolute atomic E-state index is 13.8. The maximum Gasteiger partial charge on any atom is 0.329 e. The van der Waals surface area contributed by atoms with E-state index in [2.05, 4.69) is 0 Å². The molecule has 0 bridgehead atoms. The minimum absolute atomic E-state index is 0.0900.